The van der Waals surface area contributed by atoms with Gasteiger partial charge >= 0.3 is 0 Å². The maximum atomic E-state index is 11.0. The van der Waals surface area contributed by atoms with E-state index >= 15 is 0 Å². The number of hydrogen-bond acceptors (Lipinski definition) is 3. The molecule has 0 aromatic heterocycles. The Kier molecular flexibility index (Phi) is 4.77. The van der Waals surface area contributed by atoms with Crippen molar-refractivity contribution in [2.24, 2.45) is 0 Å². The van der Waals surface area contributed by atoms with Crippen LogP contribution in [0.2, 0.25) is 0 Å². The van der Waals surface area contributed by atoms with E-state index in [0.29, 0.717) is 6.54 Å². The zero-order valence-corrected chi connectivity index (χ0v) is 10.1. The van der Waals surface area contributed by atoms with Crippen molar-refractivity contribution >= 4 is 10.0 Å². The van der Waals surface area contributed by atoms with Crippen LogP contribution in [-0.4, -0.2) is 32.8 Å². The number of sulfonamides is 1. The van der Waals surface area contributed by atoms with E-state index in [2.05, 4.69) is 16.6 Å². The van der Waals surface area contributed by atoms with E-state index in [9.17, 15) is 8.42 Å². The van der Waals surface area contributed by atoms with Crippen LogP contribution in [0.1, 0.15) is 20.8 Å². The highest BCUT2D eigenvalue weighted by molar-refractivity contribution is 7.88. The highest BCUT2D eigenvalue weighted by Gasteiger charge is 2.21. The van der Waals surface area contributed by atoms with E-state index in [1.807, 2.05) is 20.8 Å². The Morgan fingerprint density at radius 3 is 2.36 bits per heavy atom. The zero-order chi connectivity index (χ0) is 11.4. The Labute approximate surface area is 86.8 Å². The minimum Gasteiger partial charge on any atom is -0.309 e. The van der Waals surface area contributed by atoms with Crippen LogP contribution < -0.4 is 10.0 Å². The standard InChI is InChI=1S/C9H20N2O2S/c1-6-8(2)10-7-9(3,4)11-14(5,12)13/h6,8,10-11H,1,7H2,2-5H3. The summed E-state index contributed by atoms with van der Waals surface area (Å²) < 4.78 is 24.6. The normalized spacial score (nSPS) is 15.1. The Bertz CT molecular complexity index is 283. The fourth-order valence-electron chi connectivity index (χ4n) is 1.04. The summed E-state index contributed by atoms with van der Waals surface area (Å²) in [6.07, 6.45) is 2.93. The van der Waals surface area contributed by atoms with E-state index < -0.39 is 15.6 Å². The zero-order valence-electron chi connectivity index (χ0n) is 9.29. The average molecular weight is 220 g/mol. The second-order valence-corrected chi connectivity index (χ2v) is 5.91. The molecule has 0 aromatic rings. The maximum absolute atomic E-state index is 11.0. The minimum absolute atomic E-state index is 0.177. The summed E-state index contributed by atoms with van der Waals surface area (Å²) in [5.74, 6) is 0. The second kappa shape index (κ2) is 4.91. The van der Waals surface area contributed by atoms with Crippen LogP contribution in [0.15, 0.2) is 12.7 Å². The molecule has 0 saturated heterocycles. The van der Waals surface area contributed by atoms with Crippen molar-refractivity contribution in [2.75, 3.05) is 12.8 Å². The quantitative estimate of drug-likeness (QED) is 0.640. The van der Waals surface area contributed by atoms with Gasteiger partial charge in [-0.05, 0) is 20.8 Å². The van der Waals surface area contributed by atoms with Gasteiger partial charge in [-0.1, -0.05) is 6.08 Å². The molecule has 0 saturated carbocycles. The van der Waals surface area contributed by atoms with Gasteiger partial charge in [0, 0.05) is 18.1 Å². The van der Waals surface area contributed by atoms with Crippen molar-refractivity contribution in [3.8, 4) is 0 Å². The summed E-state index contributed by atoms with van der Waals surface area (Å²) in [5.41, 5.74) is -0.481. The lowest BCUT2D eigenvalue weighted by atomic mass is 10.1. The van der Waals surface area contributed by atoms with Gasteiger partial charge in [0.15, 0.2) is 0 Å². The number of hydrogen-bond donors (Lipinski definition) is 2. The van der Waals surface area contributed by atoms with Crippen LogP contribution in [-0.2, 0) is 10.0 Å². The largest absolute Gasteiger partial charge is 0.309 e. The molecule has 0 rings (SSSR count). The second-order valence-electron chi connectivity index (χ2n) is 4.16. The predicted octanol–water partition coefficient (Wildman–Crippen LogP) is 0.478. The topological polar surface area (TPSA) is 58.2 Å². The van der Waals surface area contributed by atoms with Gasteiger partial charge in [-0.2, -0.15) is 0 Å². The van der Waals surface area contributed by atoms with Crippen LogP contribution >= 0.6 is 0 Å². The summed E-state index contributed by atoms with van der Waals surface area (Å²) in [6.45, 7) is 9.82. The molecular weight excluding hydrogens is 200 g/mol. The van der Waals surface area contributed by atoms with Gasteiger partial charge in [-0.25, -0.2) is 13.1 Å². The van der Waals surface area contributed by atoms with Crippen LogP contribution in [0.3, 0.4) is 0 Å². The molecule has 84 valence electrons. The molecule has 0 bridgehead atoms. The Morgan fingerprint density at radius 2 is 2.00 bits per heavy atom. The first-order valence-electron chi connectivity index (χ1n) is 4.51. The fourth-order valence-corrected chi connectivity index (χ4v) is 2.11. The lowest BCUT2D eigenvalue weighted by Crippen LogP contribution is -2.51. The lowest BCUT2D eigenvalue weighted by Gasteiger charge is -2.26. The molecule has 0 amide bonds. The van der Waals surface area contributed by atoms with Gasteiger partial charge < -0.3 is 5.32 Å². The molecule has 14 heavy (non-hydrogen) atoms. The van der Waals surface area contributed by atoms with Gasteiger partial charge in [-0.15, -0.1) is 6.58 Å². The van der Waals surface area contributed by atoms with Crippen LogP contribution in [0.5, 0.6) is 0 Å². The van der Waals surface area contributed by atoms with Crippen LogP contribution in [0.4, 0.5) is 0 Å². The molecule has 4 nitrogen and oxygen atoms in total. The molecule has 0 aliphatic rings. The maximum Gasteiger partial charge on any atom is 0.209 e. The Balaban J connectivity index is 4.14. The highest BCUT2D eigenvalue weighted by Crippen LogP contribution is 2.02. The molecule has 0 aromatic carbocycles. The molecule has 0 heterocycles. The van der Waals surface area contributed by atoms with Crippen molar-refractivity contribution in [1.29, 1.82) is 0 Å². The third kappa shape index (κ3) is 7.06. The number of rotatable bonds is 6. The summed E-state index contributed by atoms with van der Waals surface area (Å²) in [6, 6.07) is 0.177. The third-order valence-corrected chi connectivity index (χ3v) is 2.60. The van der Waals surface area contributed by atoms with E-state index in [-0.39, 0.29) is 6.04 Å². The smallest absolute Gasteiger partial charge is 0.209 e. The average Bonchev–Trinajstić information content (AvgIpc) is 1.96. The van der Waals surface area contributed by atoms with Gasteiger partial charge in [-0.3, -0.25) is 0 Å². The molecule has 0 spiro atoms. The number of nitrogens with one attached hydrogen (secondary N) is 2. The van der Waals surface area contributed by atoms with Gasteiger partial charge in [0.2, 0.25) is 10.0 Å². The molecule has 0 radical (unpaired) electrons. The molecule has 0 aliphatic carbocycles. The van der Waals surface area contributed by atoms with Crippen LogP contribution in [0.25, 0.3) is 0 Å². The van der Waals surface area contributed by atoms with Crippen molar-refractivity contribution in [3.05, 3.63) is 12.7 Å². The van der Waals surface area contributed by atoms with Crippen molar-refractivity contribution < 1.29 is 8.42 Å². The fraction of sp³-hybridized carbons (Fsp3) is 0.778. The summed E-state index contributed by atoms with van der Waals surface area (Å²) in [7, 11) is -3.15. The molecule has 1 atom stereocenters. The monoisotopic (exact) mass is 220 g/mol. The first-order chi connectivity index (χ1) is 6.16. The third-order valence-electron chi connectivity index (χ3n) is 1.68. The van der Waals surface area contributed by atoms with E-state index in [1.54, 1.807) is 6.08 Å². The predicted molar refractivity (Wildman–Crippen MR) is 59.7 cm³/mol. The first kappa shape index (κ1) is 13.6. The van der Waals surface area contributed by atoms with Crippen molar-refractivity contribution in [1.82, 2.24) is 10.0 Å². The molecule has 0 aliphatic heterocycles. The minimum atomic E-state index is -3.15. The summed E-state index contributed by atoms with van der Waals surface area (Å²) in [4.78, 5) is 0. The van der Waals surface area contributed by atoms with E-state index in [1.165, 1.54) is 0 Å². The molecular formula is C9H20N2O2S. The molecule has 2 N–H and O–H groups in total. The van der Waals surface area contributed by atoms with E-state index in [0.717, 1.165) is 6.26 Å². The molecule has 0 fully saturated rings. The first-order valence-corrected chi connectivity index (χ1v) is 6.40. The molecule has 1 unspecified atom stereocenters. The van der Waals surface area contributed by atoms with Crippen LogP contribution in [0, 0.1) is 0 Å². The highest BCUT2D eigenvalue weighted by atomic mass is 32.2. The van der Waals surface area contributed by atoms with E-state index in [4.69, 9.17) is 0 Å². The van der Waals surface area contributed by atoms with Crippen molar-refractivity contribution in [2.45, 2.75) is 32.4 Å². The van der Waals surface area contributed by atoms with Gasteiger partial charge in [0.25, 0.3) is 0 Å². The van der Waals surface area contributed by atoms with Crippen molar-refractivity contribution in [3.63, 3.8) is 0 Å². The lowest BCUT2D eigenvalue weighted by molar-refractivity contribution is 0.412. The Morgan fingerprint density at radius 1 is 1.50 bits per heavy atom. The summed E-state index contributed by atoms with van der Waals surface area (Å²) >= 11 is 0. The van der Waals surface area contributed by atoms with Gasteiger partial charge in [0.05, 0.1) is 6.26 Å². The Hall–Kier alpha value is -0.390. The summed E-state index contributed by atoms with van der Waals surface area (Å²) in [5, 5.41) is 3.15. The molecule has 5 heteroatoms. The SMILES string of the molecule is C=CC(C)NCC(C)(C)NS(C)(=O)=O. The van der Waals surface area contributed by atoms with Gasteiger partial charge in [0.1, 0.15) is 0 Å².